The lowest BCUT2D eigenvalue weighted by Crippen LogP contribution is -2.33. The second kappa shape index (κ2) is 4.45. The lowest BCUT2D eigenvalue weighted by molar-refractivity contribution is -0.117. The summed E-state index contributed by atoms with van der Waals surface area (Å²) >= 11 is 0. The smallest absolute Gasteiger partial charge is 0.131 e. The number of carbonyl (C=O) groups excluding carboxylic acids is 1. The molecule has 0 radical (unpaired) electrons. The van der Waals surface area contributed by atoms with Crippen LogP contribution in [0.15, 0.2) is 0 Å². The highest BCUT2D eigenvalue weighted by atomic mass is 16.1. The van der Waals surface area contributed by atoms with Crippen LogP contribution in [0.4, 0.5) is 0 Å². The molecule has 10 heavy (non-hydrogen) atoms. The van der Waals surface area contributed by atoms with E-state index >= 15 is 0 Å². The second-order valence-corrected chi connectivity index (χ2v) is 3.13. The van der Waals surface area contributed by atoms with Gasteiger partial charge in [0.1, 0.15) is 5.78 Å². The van der Waals surface area contributed by atoms with E-state index in [-0.39, 0.29) is 5.78 Å². The van der Waals surface area contributed by atoms with E-state index in [0.717, 1.165) is 0 Å². The van der Waals surface area contributed by atoms with Crippen molar-refractivity contribution in [3.63, 3.8) is 0 Å². The Bertz CT molecular complexity index is 110. The SMILES string of the molecule is CC(=O)CC(C)NC(C)C. The molecule has 0 fully saturated rings. The lowest BCUT2D eigenvalue weighted by Gasteiger charge is -2.14. The van der Waals surface area contributed by atoms with Crippen LogP contribution in [0.1, 0.15) is 34.1 Å². The van der Waals surface area contributed by atoms with Crippen LogP contribution in [0.25, 0.3) is 0 Å². The molecule has 0 saturated carbocycles. The van der Waals surface area contributed by atoms with E-state index in [1.807, 2.05) is 6.92 Å². The largest absolute Gasteiger partial charge is 0.312 e. The van der Waals surface area contributed by atoms with Crippen LogP contribution in [-0.4, -0.2) is 17.9 Å². The summed E-state index contributed by atoms with van der Waals surface area (Å²) < 4.78 is 0. The van der Waals surface area contributed by atoms with Gasteiger partial charge in [-0.3, -0.25) is 4.79 Å². The van der Waals surface area contributed by atoms with Gasteiger partial charge in [-0.25, -0.2) is 0 Å². The summed E-state index contributed by atoms with van der Waals surface area (Å²) in [6.45, 7) is 7.81. The van der Waals surface area contributed by atoms with E-state index in [0.29, 0.717) is 18.5 Å². The zero-order chi connectivity index (χ0) is 8.15. The van der Waals surface area contributed by atoms with Crippen molar-refractivity contribution in [2.45, 2.75) is 46.2 Å². The molecular formula is C8H17NO. The molecule has 0 aromatic rings. The standard InChI is InChI=1S/C8H17NO/c1-6(2)9-7(3)5-8(4)10/h6-7,9H,5H2,1-4H3. The third-order valence-electron chi connectivity index (χ3n) is 1.21. The summed E-state index contributed by atoms with van der Waals surface area (Å²) in [4.78, 5) is 10.6. The molecule has 2 heteroatoms. The van der Waals surface area contributed by atoms with Gasteiger partial charge >= 0.3 is 0 Å². The fraction of sp³-hybridized carbons (Fsp3) is 0.875. The molecule has 1 unspecified atom stereocenters. The molecule has 0 heterocycles. The summed E-state index contributed by atoms with van der Waals surface area (Å²) in [7, 11) is 0. The molecule has 0 spiro atoms. The van der Waals surface area contributed by atoms with Gasteiger partial charge in [0.15, 0.2) is 0 Å². The van der Waals surface area contributed by atoms with E-state index < -0.39 is 0 Å². The quantitative estimate of drug-likeness (QED) is 0.643. The Kier molecular flexibility index (Phi) is 4.28. The first-order valence-electron chi connectivity index (χ1n) is 3.78. The summed E-state index contributed by atoms with van der Waals surface area (Å²) in [5, 5.41) is 3.25. The fourth-order valence-corrected chi connectivity index (χ4v) is 1.06. The van der Waals surface area contributed by atoms with Gasteiger partial charge < -0.3 is 5.32 Å². The number of carbonyl (C=O) groups is 1. The molecule has 0 saturated heterocycles. The van der Waals surface area contributed by atoms with Gasteiger partial charge in [0.2, 0.25) is 0 Å². The van der Waals surface area contributed by atoms with Gasteiger partial charge in [0.25, 0.3) is 0 Å². The van der Waals surface area contributed by atoms with Gasteiger partial charge in [-0.2, -0.15) is 0 Å². The summed E-state index contributed by atoms with van der Waals surface area (Å²) in [6, 6.07) is 0.784. The lowest BCUT2D eigenvalue weighted by atomic mass is 10.1. The first-order valence-corrected chi connectivity index (χ1v) is 3.78. The van der Waals surface area contributed by atoms with Crippen LogP contribution in [0.5, 0.6) is 0 Å². The third kappa shape index (κ3) is 5.76. The molecule has 1 atom stereocenters. The number of hydrogen-bond donors (Lipinski definition) is 1. The molecule has 0 aliphatic rings. The van der Waals surface area contributed by atoms with Gasteiger partial charge in [-0.05, 0) is 13.8 Å². The number of rotatable bonds is 4. The van der Waals surface area contributed by atoms with Crippen LogP contribution in [0, 0.1) is 0 Å². The Morgan fingerprint density at radius 3 is 2.20 bits per heavy atom. The van der Waals surface area contributed by atoms with Crippen LogP contribution < -0.4 is 5.32 Å². The molecule has 0 bridgehead atoms. The number of hydrogen-bond acceptors (Lipinski definition) is 2. The minimum absolute atomic E-state index is 0.251. The van der Waals surface area contributed by atoms with Crippen LogP contribution in [0.2, 0.25) is 0 Å². The molecule has 0 aliphatic carbocycles. The number of nitrogens with one attached hydrogen (secondary N) is 1. The average molecular weight is 143 g/mol. The number of ketones is 1. The highest BCUT2D eigenvalue weighted by Gasteiger charge is 2.04. The van der Waals surface area contributed by atoms with E-state index in [4.69, 9.17) is 0 Å². The molecular weight excluding hydrogens is 126 g/mol. The van der Waals surface area contributed by atoms with Crippen molar-refractivity contribution in [2.75, 3.05) is 0 Å². The predicted octanol–water partition coefficient (Wildman–Crippen LogP) is 1.35. The Hall–Kier alpha value is -0.370. The maximum absolute atomic E-state index is 10.6. The van der Waals surface area contributed by atoms with Gasteiger partial charge in [0, 0.05) is 18.5 Å². The third-order valence-corrected chi connectivity index (χ3v) is 1.21. The van der Waals surface area contributed by atoms with Crippen molar-refractivity contribution in [3.8, 4) is 0 Å². The zero-order valence-corrected chi connectivity index (χ0v) is 7.27. The molecule has 2 nitrogen and oxygen atoms in total. The molecule has 0 amide bonds. The topological polar surface area (TPSA) is 29.1 Å². The summed E-state index contributed by atoms with van der Waals surface area (Å²) in [5.41, 5.74) is 0. The van der Waals surface area contributed by atoms with E-state index in [9.17, 15) is 4.79 Å². The number of Topliss-reactive ketones (excluding diaryl/α,β-unsaturated/α-hetero) is 1. The maximum atomic E-state index is 10.6. The predicted molar refractivity (Wildman–Crippen MR) is 43.0 cm³/mol. The molecule has 0 aromatic heterocycles. The molecule has 0 aromatic carbocycles. The van der Waals surface area contributed by atoms with Crippen LogP contribution in [-0.2, 0) is 4.79 Å². The highest BCUT2D eigenvalue weighted by molar-refractivity contribution is 5.76. The van der Waals surface area contributed by atoms with Crippen LogP contribution in [0.3, 0.4) is 0 Å². The van der Waals surface area contributed by atoms with Gasteiger partial charge in [0.05, 0.1) is 0 Å². The van der Waals surface area contributed by atoms with Gasteiger partial charge in [-0.1, -0.05) is 13.8 Å². The minimum atomic E-state index is 0.251. The van der Waals surface area contributed by atoms with E-state index in [1.54, 1.807) is 6.92 Å². The normalized spacial score (nSPS) is 13.7. The van der Waals surface area contributed by atoms with Crippen molar-refractivity contribution in [3.05, 3.63) is 0 Å². The van der Waals surface area contributed by atoms with Crippen molar-refractivity contribution in [1.82, 2.24) is 5.32 Å². The first-order chi connectivity index (χ1) is 4.52. The van der Waals surface area contributed by atoms with Crippen LogP contribution >= 0.6 is 0 Å². The Balaban J connectivity index is 3.43. The summed E-state index contributed by atoms with van der Waals surface area (Å²) in [6.07, 6.45) is 0.637. The van der Waals surface area contributed by atoms with Crippen molar-refractivity contribution < 1.29 is 4.79 Å². The molecule has 0 rings (SSSR count). The average Bonchev–Trinajstić information content (AvgIpc) is 1.58. The Labute approximate surface area is 63.0 Å². The van der Waals surface area contributed by atoms with Crippen molar-refractivity contribution >= 4 is 5.78 Å². The minimum Gasteiger partial charge on any atom is -0.312 e. The van der Waals surface area contributed by atoms with Crippen molar-refractivity contribution in [2.24, 2.45) is 0 Å². The molecule has 0 aliphatic heterocycles. The van der Waals surface area contributed by atoms with E-state index in [1.165, 1.54) is 0 Å². The van der Waals surface area contributed by atoms with E-state index in [2.05, 4.69) is 19.2 Å². The molecule has 1 N–H and O–H groups in total. The first kappa shape index (κ1) is 9.63. The Morgan fingerprint density at radius 2 is 1.90 bits per heavy atom. The summed E-state index contributed by atoms with van der Waals surface area (Å²) in [5.74, 6) is 0.251. The fourth-order valence-electron chi connectivity index (χ4n) is 1.06. The van der Waals surface area contributed by atoms with Gasteiger partial charge in [-0.15, -0.1) is 0 Å². The maximum Gasteiger partial charge on any atom is 0.131 e. The highest BCUT2D eigenvalue weighted by Crippen LogP contribution is 1.92. The Morgan fingerprint density at radius 1 is 1.40 bits per heavy atom. The molecule has 60 valence electrons. The second-order valence-electron chi connectivity index (χ2n) is 3.13. The van der Waals surface area contributed by atoms with Crippen molar-refractivity contribution in [1.29, 1.82) is 0 Å². The zero-order valence-electron chi connectivity index (χ0n) is 7.27. The monoisotopic (exact) mass is 143 g/mol.